The van der Waals surface area contributed by atoms with Crippen molar-refractivity contribution in [1.29, 1.82) is 0 Å². The van der Waals surface area contributed by atoms with Gasteiger partial charge in [0.2, 0.25) is 35.4 Å². The molecule has 21 nitrogen and oxygen atoms in total. The first-order valence-electron chi connectivity index (χ1n) is 19.5. The minimum atomic E-state index is -1.15. The molecular formula is C39H57N6O15-3. The van der Waals surface area contributed by atoms with Gasteiger partial charge in [0.15, 0.2) is 0 Å². The first-order valence-corrected chi connectivity index (χ1v) is 19.5. The Labute approximate surface area is 349 Å². The summed E-state index contributed by atoms with van der Waals surface area (Å²) in [4.78, 5) is 111. The van der Waals surface area contributed by atoms with Crippen LogP contribution in [-0.4, -0.2) is 126 Å². The number of hydrogen-bond acceptors (Lipinski definition) is 15. The van der Waals surface area contributed by atoms with Gasteiger partial charge in [0, 0.05) is 77.9 Å². The van der Waals surface area contributed by atoms with Gasteiger partial charge >= 0.3 is 17.9 Å². The first kappa shape index (κ1) is 52.3. The molecule has 1 rings (SSSR count). The van der Waals surface area contributed by atoms with Gasteiger partial charge in [0.05, 0.1) is 19.8 Å². The van der Waals surface area contributed by atoms with E-state index in [0.29, 0.717) is 16.7 Å². The average Bonchev–Trinajstić information content (AvgIpc) is 3.15. The van der Waals surface area contributed by atoms with Crippen LogP contribution < -0.4 is 16.0 Å². The highest BCUT2D eigenvalue weighted by molar-refractivity contribution is 5.90. The number of nitrogens with zero attached hydrogens (tertiary/aromatic N) is 3. The van der Waals surface area contributed by atoms with Gasteiger partial charge in [-0.2, -0.15) is 0 Å². The molecule has 0 spiro atoms. The summed E-state index contributed by atoms with van der Waals surface area (Å²) in [5.74, 6) is -6.86. The Hall–Kier alpha value is -5.67. The van der Waals surface area contributed by atoms with Crippen molar-refractivity contribution in [3.63, 3.8) is 0 Å². The fourth-order valence-electron chi connectivity index (χ4n) is 5.44. The summed E-state index contributed by atoms with van der Waals surface area (Å²) < 4.78 is 15.8. The fourth-order valence-corrected chi connectivity index (χ4v) is 5.44. The second kappa shape index (κ2) is 27.9. The van der Waals surface area contributed by atoms with Crippen molar-refractivity contribution in [1.82, 2.24) is 31.1 Å². The summed E-state index contributed by atoms with van der Waals surface area (Å²) in [6.45, 7) is 6.46. The van der Waals surface area contributed by atoms with Crippen LogP contribution in [-0.2, 0) is 57.4 Å². The van der Waals surface area contributed by atoms with E-state index in [2.05, 4.69) is 16.0 Å². The molecule has 0 fully saturated rings. The molecule has 336 valence electrons. The highest BCUT2D eigenvalue weighted by Crippen LogP contribution is 2.11. The summed E-state index contributed by atoms with van der Waals surface area (Å²) in [7, 11) is 0. The summed E-state index contributed by atoms with van der Waals surface area (Å²) in [6, 6.07) is -3.46. The third-order valence-electron chi connectivity index (χ3n) is 8.62. The molecule has 6 amide bonds. The summed E-state index contributed by atoms with van der Waals surface area (Å²) in [5.41, 5.74) is 1.16. The third kappa shape index (κ3) is 22.5. The number of hydrogen-bond donors (Lipinski definition) is 3. The Bertz CT molecular complexity index is 1440. The lowest BCUT2D eigenvalue weighted by Crippen LogP contribution is -2.41. The van der Waals surface area contributed by atoms with Crippen LogP contribution in [0.2, 0.25) is 0 Å². The van der Waals surface area contributed by atoms with Gasteiger partial charge in [0.1, 0.15) is 18.1 Å². The van der Waals surface area contributed by atoms with Crippen LogP contribution in [0, 0.1) is 15.6 Å². The van der Waals surface area contributed by atoms with Crippen LogP contribution in [0.25, 0.3) is 0 Å². The molecule has 0 aromatic rings. The maximum atomic E-state index is 12.8. The smallest absolute Gasteiger partial charge is 0.328 e. The molecule has 0 aliphatic carbocycles. The maximum absolute atomic E-state index is 12.8. The second-order valence-corrected chi connectivity index (χ2v) is 14.2. The average molecular weight is 850 g/mol. The molecular weight excluding hydrogens is 792 g/mol. The number of cyclic esters (lactones) is 3. The van der Waals surface area contributed by atoms with Gasteiger partial charge in [-0.25, -0.2) is 14.4 Å². The maximum Gasteiger partial charge on any atom is 0.328 e. The quantitative estimate of drug-likeness (QED) is 0.268. The number of amides is 6. The molecule has 0 aromatic heterocycles. The largest absolute Gasteiger partial charge is 0.756 e. The monoisotopic (exact) mass is 849 g/mol. The fraction of sp³-hybridized carbons (Fsp3) is 0.615. The van der Waals surface area contributed by atoms with Gasteiger partial charge in [-0.15, -0.1) is 0 Å². The third-order valence-corrected chi connectivity index (χ3v) is 8.62. The van der Waals surface area contributed by atoms with Gasteiger partial charge in [-0.3, -0.25) is 28.8 Å². The molecule has 0 unspecified atom stereocenters. The van der Waals surface area contributed by atoms with Crippen molar-refractivity contribution in [3.05, 3.63) is 50.6 Å². The van der Waals surface area contributed by atoms with Crippen LogP contribution in [0.5, 0.6) is 0 Å². The molecule has 0 saturated heterocycles. The molecule has 0 aromatic carbocycles. The summed E-state index contributed by atoms with van der Waals surface area (Å²) in [6.07, 6.45) is 3.14. The molecule has 3 N–H and O–H groups in total. The Balaban J connectivity index is 3.15. The number of hydroxylamine groups is 6. The lowest BCUT2D eigenvalue weighted by Gasteiger charge is -2.28. The van der Waals surface area contributed by atoms with E-state index in [0.717, 1.165) is 18.2 Å². The van der Waals surface area contributed by atoms with E-state index in [4.69, 9.17) is 14.2 Å². The Morgan fingerprint density at radius 3 is 0.950 bits per heavy atom. The molecule has 0 radical (unpaired) electrons. The van der Waals surface area contributed by atoms with Crippen LogP contribution in [0.1, 0.15) is 99.3 Å². The van der Waals surface area contributed by atoms with Crippen molar-refractivity contribution >= 4 is 53.4 Å². The zero-order chi connectivity index (χ0) is 45.4. The molecule has 0 saturated carbocycles. The van der Waals surface area contributed by atoms with Crippen molar-refractivity contribution in [2.45, 2.75) is 117 Å². The van der Waals surface area contributed by atoms with E-state index in [-0.39, 0.29) is 112 Å². The molecule has 0 bridgehead atoms. The van der Waals surface area contributed by atoms with Crippen LogP contribution >= 0.6 is 0 Å². The van der Waals surface area contributed by atoms with Gasteiger partial charge in [-0.05, 0) is 59.3 Å². The molecule has 1 aliphatic rings. The van der Waals surface area contributed by atoms with Gasteiger partial charge in [-0.1, -0.05) is 16.7 Å². The molecule has 1 aliphatic heterocycles. The minimum Gasteiger partial charge on any atom is -0.756 e. The Morgan fingerprint density at radius 1 is 0.500 bits per heavy atom. The topological polar surface area (TPSA) is 296 Å². The molecule has 21 heteroatoms. The predicted molar refractivity (Wildman–Crippen MR) is 214 cm³/mol. The zero-order valence-corrected chi connectivity index (χ0v) is 35.0. The highest BCUT2D eigenvalue weighted by atomic mass is 16.5. The standard InChI is InChI=1S/C39H57N6O15/c1-25-13-19-58-37(52)31(40-28(4)46)11-8-17-44(56)35(50)23-27(3)15-21-60-39(54)33(42-30(6)48)12-9-18-45(57)36(51)24-26(2)14-20-59-38(53)32(41-29(5)47)10-7-16-43(55)34(49)22-25/h22-24,31-33H,7-21H2,1-6H3,(H,40,46)(H,41,47)(H,42,48)/q-3/b25-22-,26-24-,27-23-/t31-,32-,33-/m0/s1. The van der Waals surface area contributed by atoms with E-state index in [1.165, 1.54) is 41.5 Å². The number of nitrogens with one attached hydrogen (secondary N) is 3. The van der Waals surface area contributed by atoms with Crippen LogP contribution in [0.4, 0.5) is 0 Å². The van der Waals surface area contributed by atoms with E-state index in [1.54, 1.807) is 0 Å². The Morgan fingerprint density at radius 2 is 0.733 bits per heavy atom. The number of carbonyl (C=O) groups excluding carboxylic acids is 9. The number of esters is 3. The molecule has 3 atom stereocenters. The SMILES string of the molecule is CC(=O)N[C@H]1CCCN([O-])C(=O)/C=C(/C)CCOC(=O)[C@@H](NC(C)=O)CCCN([O-])C(=O)/C=C(/C)CCOC(=O)[C@@H](NC(C)=O)CCCN([O-])C(=O)/C=C(/C)CCOC1=O. The number of ether oxygens (including phenoxy) is 3. The van der Waals surface area contributed by atoms with Crippen molar-refractivity contribution in [2.24, 2.45) is 0 Å². The van der Waals surface area contributed by atoms with Gasteiger partial charge in [0.25, 0.3) is 0 Å². The van der Waals surface area contributed by atoms with Crippen LogP contribution in [0.15, 0.2) is 34.9 Å². The normalized spacial score (nSPS) is 24.9. The highest BCUT2D eigenvalue weighted by Gasteiger charge is 2.24. The van der Waals surface area contributed by atoms with E-state index >= 15 is 0 Å². The Kier molecular flexibility index (Phi) is 24.4. The first-order chi connectivity index (χ1) is 28.2. The van der Waals surface area contributed by atoms with Gasteiger partial charge < -0.3 is 61.0 Å². The lowest BCUT2D eigenvalue weighted by atomic mass is 10.1. The number of carbonyl (C=O) groups is 9. The summed E-state index contributed by atoms with van der Waals surface area (Å²) >= 11 is 0. The van der Waals surface area contributed by atoms with E-state index in [1.807, 2.05) is 0 Å². The van der Waals surface area contributed by atoms with E-state index < -0.39 is 71.5 Å². The van der Waals surface area contributed by atoms with E-state index in [9.17, 15) is 58.8 Å². The second-order valence-electron chi connectivity index (χ2n) is 14.2. The summed E-state index contributed by atoms with van der Waals surface area (Å²) in [5, 5.41) is 45.2. The molecule has 60 heavy (non-hydrogen) atoms. The van der Waals surface area contributed by atoms with Crippen molar-refractivity contribution in [3.8, 4) is 0 Å². The van der Waals surface area contributed by atoms with Crippen molar-refractivity contribution in [2.75, 3.05) is 39.5 Å². The lowest BCUT2D eigenvalue weighted by molar-refractivity contribution is -0.148. The zero-order valence-electron chi connectivity index (χ0n) is 35.0. The molecule has 1 heterocycles. The number of rotatable bonds is 3. The minimum absolute atomic E-state index is 0.00154. The predicted octanol–water partition coefficient (Wildman–Crippen LogP) is 1.47. The van der Waals surface area contributed by atoms with Crippen molar-refractivity contribution < 1.29 is 57.4 Å². The van der Waals surface area contributed by atoms with Crippen LogP contribution in [0.3, 0.4) is 0 Å².